The molecule has 0 spiro atoms. The van der Waals surface area contributed by atoms with Crippen LogP contribution in [0.15, 0.2) is 78.0 Å². The van der Waals surface area contributed by atoms with E-state index in [9.17, 15) is 4.79 Å². The molecule has 2 N–H and O–H groups in total. The molecule has 5 rings (SSSR count). The summed E-state index contributed by atoms with van der Waals surface area (Å²) in [5.74, 6) is 0.631. The molecule has 0 fully saturated rings. The Bertz CT molecular complexity index is 1470. The van der Waals surface area contributed by atoms with Crippen molar-refractivity contribution in [1.29, 1.82) is 0 Å². The molecule has 1 aliphatic rings. The number of imidazole rings is 1. The summed E-state index contributed by atoms with van der Waals surface area (Å²) in [4.78, 5) is 18.7. The maximum atomic E-state index is 13.9. The Labute approximate surface area is 206 Å². The first kappa shape index (κ1) is 22.9. The highest BCUT2D eigenvalue weighted by Gasteiger charge is 2.34. The minimum atomic E-state index is -0.307. The minimum Gasteiger partial charge on any atom is -0.329 e. The third-order valence-corrected chi connectivity index (χ3v) is 6.80. The summed E-state index contributed by atoms with van der Waals surface area (Å²) in [7, 11) is 0. The number of fused-ring (bicyclic) bond motifs is 3. The topological polar surface area (TPSA) is 59.0 Å². The van der Waals surface area contributed by atoms with E-state index in [1.807, 2.05) is 44.2 Å². The predicted octanol–water partition coefficient (Wildman–Crippen LogP) is 6.88. The van der Waals surface area contributed by atoms with E-state index in [-0.39, 0.29) is 17.4 Å². The average Bonchev–Trinajstić information content (AvgIpc) is 3.17. The molecule has 1 aliphatic heterocycles. The fourth-order valence-electron chi connectivity index (χ4n) is 4.88. The highest BCUT2D eigenvalue weighted by atomic mass is 16.1. The van der Waals surface area contributed by atoms with Gasteiger partial charge in [-0.15, -0.1) is 0 Å². The molecule has 0 saturated carbocycles. The van der Waals surface area contributed by atoms with Crippen LogP contribution in [0.4, 0.5) is 11.6 Å². The van der Waals surface area contributed by atoms with Crippen molar-refractivity contribution in [3.8, 4) is 0 Å². The molecule has 0 radical (unpaired) electrons. The number of hydrogen-bond donors (Lipinski definition) is 2. The lowest BCUT2D eigenvalue weighted by atomic mass is 9.85. The summed E-state index contributed by atoms with van der Waals surface area (Å²) < 4.78 is 2.14. The molecule has 2 heterocycles. The van der Waals surface area contributed by atoms with Crippen LogP contribution in [-0.2, 0) is 10.2 Å². The number of para-hydroxylation sites is 2. The van der Waals surface area contributed by atoms with E-state index < -0.39 is 0 Å². The van der Waals surface area contributed by atoms with Crippen molar-refractivity contribution in [2.45, 2.75) is 53.0 Å². The second-order valence-corrected chi connectivity index (χ2v) is 10.5. The van der Waals surface area contributed by atoms with E-state index in [0.29, 0.717) is 5.57 Å². The largest absolute Gasteiger partial charge is 0.329 e. The van der Waals surface area contributed by atoms with Crippen molar-refractivity contribution in [2.75, 3.05) is 10.6 Å². The normalized spacial score (nSPS) is 15.7. The van der Waals surface area contributed by atoms with Gasteiger partial charge in [0.2, 0.25) is 5.95 Å². The molecule has 0 saturated heterocycles. The van der Waals surface area contributed by atoms with Crippen molar-refractivity contribution in [2.24, 2.45) is 0 Å². The van der Waals surface area contributed by atoms with Crippen LogP contribution in [0.3, 0.4) is 0 Å². The van der Waals surface area contributed by atoms with Gasteiger partial charge in [0.05, 0.1) is 22.6 Å². The summed E-state index contributed by atoms with van der Waals surface area (Å²) >= 11 is 0. The molecule has 4 aromatic rings. The second kappa shape index (κ2) is 8.42. The molecule has 0 bridgehead atoms. The maximum Gasteiger partial charge on any atom is 0.255 e. The van der Waals surface area contributed by atoms with Gasteiger partial charge in [-0.05, 0) is 61.1 Å². The van der Waals surface area contributed by atoms with E-state index >= 15 is 0 Å². The van der Waals surface area contributed by atoms with Crippen LogP contribution >= 0.6 is 0 Å². The Balaban J connectivity index is 1.65. The third kappa shape index (κ3) is 4.12. The summed E-state index contributed by atoms with van der Waals surface area (Å²) in [5, 5.41) is 6.57. The number of aryl methyl sites for hydroxylation is 2. The molecule has 35 heavy (non-hydrogen) atoms. The van der Waals surface area contributed by atoms with E-state index in [0.717, 1.165) is 39.5 Å². The predicted molar refractivity (Wildman–Crippen MR) is 144 cm³/mol. The quantitative estimate of drug-likeness (QED) is 0.347. The van der Waals surface area contributed by atoms with Crippen LogP contribution in [0.2, 0.25) is 0 Å². The van der Waals surface area contributed by atoms with Crippen molar-refractivity contribution in [3.05, 3.63) is 100 Å². The number of rotatable bonds is 3. The van der Waals surface area contributed by atoms with Gasteiger partial charge in [-0.1, -0.05) is 74.9 Å². The Morgan fingerprint density at radius 2 is 1.69 bits per heavy atom. The molecule has 5 nitrogen and oxygen atoms in total. The summed E-state index contributed by atoms with van der Waals surface area (Å²) in [6.45, 7) is 12.7. The Morgan fingerprint density at radius 3 is 2.37 bits per heavy atom. The first-order valence-electron chi connectivity index (χ1n) is 12.1. The first-order chi connectivity index (χ1) is 16.6. The lowest BCUT2D eigenvalue weighted by Crippen LogP contribution is -2.31. The lowest BCUT2D eigenvalue weighted by Gasteiger charge is -2.31. The van der Waals surface area contributed by atoms with Crippen molar-refractivity contribution < 1.29 is 4.79 Å². The van der Waals surface area contributed by atoms with Crippen LogP contribution in [0, 0.1) is 13.8 Å². The van der Waals surface area contributed by atoms with Crippen molar-refractivity contribution in [1.82, 2.24) is 9.55 Å². The third-order valence-electron chi connectivity index (χ3n) is 6.80. The van der Waals surface area contributed by atoms with Crippen molar-refractivity contribution in [3.63, 3.8) is 0 Å². The average molecular weight is 465 g/mol. The molecule has 178 valence electrons. The summed E-state index contributed by atoms with van der Waals surface area (Å²) in [6, 6.07) is 22.5. The number of amides is 1. The Hall–Kier alpha value is -3.86. The van der Waals surface area contributed by atoms with Crippen LogP contribution in [0.25, 0.3) is 11.0 Å². The fraction of sp³-hybridized carbons (Fsp3) is 0.267. The number of hydrogen-bond acceptors (Lipinski definition) is 3. The number of benzene rings is 3. The zero-order valence-electron chi connectivity index (χ0n) is 21.2. The number of nitrogens with one attached hydrogen (secondary N) is 2. The summed E-state index contributed by atoms with van der Waals surface area (Å²) in [6.07, 6.45) is 0. The molecule has 1 unspecified atom stereocenters. The number of carbonyl (C=O) groups excluding carboxylic acids is 1. The smallest absolute Gasteiger partial charge is 0.255 e. The summed E-state index contributed by atoms with van der Waals surface area (Å²) in [5.41, 5.74) is 8.77. The van der Waals surface area contributed by atoms with Crippen LogP contribution < -0.4 is 10.6 Å². The number of nitrogens with zero attached hydrogens (tertiary/aromatic N) is 2. The molecular formula is C30H32N4O. The molecule has 3 aromatic carbocycles. The van der Waals surface area contributed by atoms with Crippen molar-refractivity contribution >= 4 is 28.6 Å². The van der Waals surface area contributed by atoms with Crippen LogP contribution in [-0.4, -0.2) is 15.5 Å². The molecule has 0 aliphatic carbocycles. The second-order valence-electron chi connectivity index (χ2n) is 10.5. The Kier molecular flexibility index (Phi) is 5.51. The number of carbonyl (C=O) groups is 1. The van der Waals surface area contributed by atoms with Gasteiger partial charge in [0.15, 0.2) is 0 Å². The van der Waals surface area contributed by atoms with Gasteiger partial charge < -0.3 is 10.6 Å². The zero-order valence-corrected chi connectivity index (χ0v) is 21.2. The molecule has 1 amide bonds. The van der Waals surface area contributed by atoms with E-state index in [1.54, 1.807) is 0 Å². The highest BCUT2D eigenvalue weighted by molar-refractivity contribution is 6.06. The van der Waals surface area contributed by atoms with Gasteiger partial charge in [0.25, 0.3) is 5.91 Å². The molecule has 1 atom stereocenters. The van der Waals surface area contributed by atoms with Crippen LogP contribution in [0.5, 0.6) is 0 Å². The van der Waals surface area contributed by atoms with Gasteiger partial charge >= 0.3 is 0 Å². The van der Waals surface area contributed by atoms with Crippen LogP contribution in [0.1, 0.15) is 56.0 Å². The van der Waals surface area contributed by atoms with E-state index in [4.69, 9.17) is 4.98 Å². The SMILES string of the molecule is CC1=C(C(=O)Nc2ccc(C)cc2C)C(c2ccc(C(C)(C)C)cc2)n2c(nc3ccccc32)N1. The minimum absolute atomic E-state index is 0.0500. The van der Waals surface area contributed by atoms with Gasteiger partial charge in [-0.25, -0.2) is 4.98 Å². The maximum absolute atomic E-state index is 13.9. The molecular weight excluding hydrogens is 432 g/mol. The highest BCUT2D eigenvalue weighted by Crippen LogP contribution is 2.40. The number of anilines is 2. The zero-order chi connectivity index (χ0) is 24.9. The lowest BCUT2D eigenvalue weighted by molar-refractivity contribution is -0.113. The van der Waals surface area contributed by atoms with E-state index in [1.165, 1.54) is 11.1 Å². The molecule has 5 heteroatoms. The number of allylic oxidation sites excluding steroid dienone is 1. The first-order valence-corrected chi connectivity index (χ1v) is 12.1. The standard InChI is InChI=1S/C30H32N4O/c1-18-11-16-23(19(2)17-18)32-28(35)26-20(3)31-29-33-24-9-7-8-10-25(24)34(29)27(26)21-12-14-22(15-13-21)30(4,5)6/h7-17,27H,1-6H3,(H,31,33)(H,32,35). The van der Waals surface area contributed by atoms with E-state index in [2.05, 4.69) is 79.3 Å². The van der Waals surface area contributed by atoms with Gasteiger partial charge in [-0.2, -0.15) is 0 Å². The Morgan fingerprint density at radius 1 is 0.971 bits per heavy atom. The van der Waals surface area contributed by atoms with Gasteiger partial charge in [0.1, 0.15) is 0 Å². The number of aromatic nitrogens is 2. The monoisotopic (exact) mass is 464 g/mol. The van der Waals surface area contributed by atoms with Gasteiger partial charge in [-0.3, -0.25) is 9.36 Å². The van der Waals surface area contributed by atoms with Gasteiger partial charge in [0, 0.05) is 11.4 Å². The molecule has 1 aromatic heterocycles. The fourth-order valence-corrected chi connectivity index (χ4v) is 4.88.